The molecule has 3 heteroatoms. The Balaban J connectivity index is 1.45. The topological polar surface area (TPSA) is 24.1 Å². The van der Waals surface area contributed by atoms with Gasteiger partial charge in [0.15, 0.2) is 0 Å². The van der Waals surface area contributed by atoms with Gasteiger partial charge in [-0.25, -0.2) is 0 Å². The van der Waals surface area contributed by atoms with Gasteiger partial charge >= 0.3 is 0 Å². The molecule has 0 saturated heterocycles. The molecule has 1 heterocycles. The summed E-state index contributed by atoms with van der Waals surface area (Å²) in [5, 5.41) is 7.11. The van der Waals surface area contributed by atoms with Crippen LogP contribution in [-0.2, 0) is 13.0 Å². The van der Waals surface area contributed by atoms with Gasteiger partial charge in [-0.05, 0) is 36.1 Å². The van der Waals surface area contributed by atoms with Crippen LogP contribution in [-0.4, -0.2) is 18.8 Å². The summed E-state index contributed by atoms with van der Waals surface area (Å²) in [7, 11) is 0. The maximum Gasteiger partial charge on any atom is 0.0418 e. The summed E-state index contributed by atoms with van der Waals surface area (Å²) in [6.07, 6.45) is 2.46. The summed E-state index contributed by atoms with van der Waals surface area (Å²) in [6.45, 7) is 3.09. The Morgan fingerprint density at radius 1 is 1.05 bits per heavy atom. The fraction of sp³-hybridized carbons (Fsp3) is 0.333. The number of para-hydroxylation sites is 1. The van der Waals surface area contributed by atoms with E-state index in [1.165, 1.54) is 34.6 Å². The van der Waals surface area contributed by atoms with Crippen LogP contribution in [0.4, 0.5) is 5.69 Å². The van der Waals surface area contributed by atoms with Crippen LogP contribution in [0.25, 0.3) is 0 Å². The normalized spacial score (nSPS) is 13.5. The van der Waals surface area contributed by atoms with Gasteiger partial charge in [-0.1, -0.05) is 36.4 Å². The van der Waals surface area contributed by atoms with Crippen LogP contribution in [0.1, 0.15) is 17.5 Å². The van der Waals surface area contributed by atoms with Crippen LogP contribution in [0.2, 0.25) is 0 Å². The Morgan fingerprint density at radius 3 is 2.86 bits per heavy atom. The SMILES string of the molecule is c1ccc(SCCNCc2cccc3c2NCCC3)cc1. The van der Waals surface area contributed by atoms with Crippen molar-refractivity contribution >= 4 is 17.4 Å². The Kier molecular flexibility index (Phi) is 5.19. The van der Waals surface area contributed by atoms with Gasteiger partial charge in [0.25, 0.3) is 0 Å². The second-order valence-electron chi connectivity index (χ2n) is 5.32. The van der Waals surface area contributed by atoms with Crippen molar-refractivity contribution in [2.24, 2.45) is 0 Å². The zero-order chi connectivity index (χ0) is 14.3. The first kappa shape index (κ1) is 14.5. The fourth-order valence-electron chi connectivity index (χ4n) is 2.71. The van der Waals surface area contributed by atoms with E-state index in [9.17, 15) is 0 Å². The van der Waals surface area contributed by atoms with E-state index < -0.39 is 0 Å². The van der Waals surface area contributed by atoms with Crippen molar-refractivity contribution in [1.29, 1.82) is 0 Å². The lowest BCUT2D eigenvalue weighted by atomic mass is 9.99. The Bertz CT molecular complexity index is 569. The molecule has 0 saturated carbocycles. The highest BCUT2D eigenvalue weighted by atomic mass is 32.2. The molecular formula is C18H22N2S. The number of aryl methyl sites for hydroxylation is 1. The number of anilines is 1. The van der Waals surface area contributed by atoms with Gasteiger partial charge in [0, 0.05) is 36.0 Å². The van der Waals surface area contributed by atoms with Crippen LogP contribution >= 0.6 is 11.8 Å². The van der Waals surface area contributed by atoms with E-state index in [1.807, 2.05) is 11.8 Å². The lowest BCUT2D eigenvalue weighted by molar-refractivity contribution is 0.726. The van der Waals surface area contributed by atoms with Crippen molar-refractivity contribution in [1.82, 2.24) is 5.32 Å². The number of hydrogen-bond acceptors (Lipinski definition) is 3. The van der Waals surface area contributed by atoms with E-state index in [1.54, 1.807) is 0 Å². The molecular weight excluding hydrogens is 276 g/mol. The van der Waals surface area contributed by atoms with Crippen LogP contribution in [0, 0.1) is 0 Å². The highest BCUT2D eigenvalue weighted by Gasteiger charge is 2.11. The molecule has 110 valence electrons. The lowest BCUT2D eigenvalue weighted by Crippen LogP contribution is -2.20. The summed E-state index contributed by atoms with van der Waals surface area (Å²) in [5.74, 6) is 1.10. The molecule has 2 aromatic carbocycles. The molecule has 2 nitrogen and oxygen atoms in total. The predicted octanol–water partition coefficient (Wildman–Crippen LogP) is 3.93. The molecule has 21 heavy (non-hydrogen) atoms. The van der Waals surface area contributed by atoms with Crippen molar-refractivity contribution in [2.45, 2.75) is 24.3 Å². The van der Waals surface area contributed by atoms with Gasteiger partial charge in [-0.15, -0.1) is 11.8 Å². The number of thioether (sulfide) groups is 1. The molecule has 0 spiro atoms. The minimum atomic E-state index is 0.950. The van der Waals surface area contributed by atoms with Crippen molar-refractivity contribution in [2.75, 3.05) is 24.2 Å². The summed E-state index contributed by atoms with van der Waals surface area (Å²) in [5.41, 5.74) is 4.24. The second-order valence-corrected chi connectivity index (χ2v) is 6.49. The molecule has 1 aliphatic rings. The monoisotopic (exact) mass is 298 g/mol. The van der Waals surface area contributed by atoms with E-state index in [0.29, 0.717) is 0 Å². The fourth-order valence-corrected chi connectivity index (χ4v) is 3.54. The molecule has 1 aliphatic heterocycles. The quantitative estimate of drug-likeness (QED) is 0.624. The molecule has 0 amide bonds. The predicted molar refractivity (Wildman–Crippen MR) is 92.1 cm³/mol. The van der Waals surface area contributed by atoms with E-state index in [4.69, 9.17) is 0 Å². The van der Waals surface area contributed by atoms with Gasteiger partial charge in [0.1, 0.15) is 0 Å². The maximum atomic E-state index is 3.56. The molecule has 3 rings (SSSR count). The smallest absolute Gasteiger partial charge is 0.0418 e. The van der Waals surface area contributed by atoms with Gasteiger partial charge in [0.2, 0.25) is 0 Å². The molecule has 0 aliphatic carbocycles. The molecule has 2 aromatic rings. The van der Waals surface area contributed by atoms with Crippen molar-refractivity contribution in [3.05, 3.63) is 59.7 Å². The molecule has 0 fully saturated rings. The molecule has 2 N–H and O–H groups in total. The zero-order valence-electron chi connectivity index (χ0n) is 12.3. The third kappa shape index (κ3) is 4.02. The average molecular weight is 298 g/mol. The van der Waals surface area contributed by atoms with E-state index in [-0.39, 0.29) is 0 Å². The minimum Gasteiger partial charge on any atom is -0.385 e. The largest absolute Gasteiger partial charge is 0.385 e. The van der Waals surface area contributed by atoms with Crippen LogP contribution < -0.4 is 10.6 Å². The molecule has 0 bridgehead atoms. The number of benzene rings is 2. The van der Waals surface area contributed by atoms with Crippen molar-refractivity contribution in [3.8, 4) is 0 Å². The van der Waals surface area contributed by atoms with Crippen molar-refractivity contribution in [3.63, 3.8) is 0 Å². The number of nitrogens with one attached hydrogen (secondary N) is 2. The molecule has 0 unspecified atom stereocenters. The average Bonchev–Trinajstić information content (AvgIpc) is 2.56. The minimum absolute atomic E-state index is 0.950. The standard InChI is InChI=1S/C18H22N2S/c1-2-9-17(10-3-1)21-13-12-19-14-16-7-4-6-15-8-5-11-20-18(15)16/h1-4,6-7,9-10,19-20H,5,8,11-14H2. The number of fused-ring (bicyclic) bond motifs is 1. The number of rotatable bonds is 6. The molecule has 0 atom stereocenters. The van der Waals surface area contributed by atoms with E-state index in [2.05, 4.69) is 59.2 Å². The van der Waals surface area contributed by atoms with Gasteiger partial charge in [-0.2, -0.15) is 0 Å². The third-order valence-electron chi connectivity index (χ3n) is 3.77. The molecule has 0 aromatic heterocycles. The Labute approximate surface area is 131 Å². The highest BCUT2D eigenvalue weighted by Crippen LogP contribution is 2.25. The Hall–Kier alpha value is -1.45. The number of hydrogen-bond donors (Lipinski definition) is 2. The second kappa shape index (κ2) is 7.53. The van der Waals surface area contributed by atoms with E-state index in [0.717, 1.165) is 25.4 Å². The maximum absolute atomic E-state index is 3.56. The van der Waals surface area contributed by atoms with Crippen molar-refractivity contribution < 1.29 is 0 Å². The zero-order valence-corrected chi connectivity index (χ0v) is 13.1. The molecule has 0 radical (unpaired) electrons. The lowest BCUT2D eigenvalue weighted by Gasteiger charge is -2.21. The van der Waals surface area contributed by atoms with Crippen LogP contribution in [0.15, 0.2) is 53.4 Å². The summed E-state index contributed by atoms with van der Waals surface area (Å²) < 4.78 is 0. The Morgan fingerprint density at radius 2 is 1.95 bits per heavy atom. The van der Waals surface area contributed by atoms with Gasteiger partial charge in [0.05, 0.1) is 0 Å². The highest BCUT2D eigenvalue weighted by molar-refractivity contribution is 7.99. The first-order valence-electron chi connectivity index (χ1n) is 7.67. The van der Waals surface area contributed by atoms with Crippen LogP contribution in [0.3, 0.4) is 0 Å². The third-order valence-corrected chi connectivity index (χ3v) is 4.78. The summed E-state index contributed by atoms with van der Waals surface area (Å²) >= 11 is 1.91. The summed E-state index contributed by atoms with van der Waals surface area (Å²) in [4.78, 5) is 1.35. The summed E-state index contributed by atoms with van der Waals surface area (Å²) in [6, 6.07) is 17.2. The first-order valence-corrected chi connectivity index (χ1v) is 8.65. The first-order chi connectivity index (χ1) is 10.4. The van der Waals surface area contributed by atoms with Gasteiger partial charge < -0.3 is 10.6 Å². The van der Waals surface area contributed by atoms with E-state index >= 15 is 0 Å². The van der Waals surface area contributed by atoms with Gasteiger partial charge in [-0.3, -0.25) is 0 Å². The van der Waals surface area contributed by atoms with Crippen LogP contribution in [0.5, 0.6) is 0 Å².